The first kappa shape index (κ1) is 17.6. The van der Waals surface area contributed by atoms with E-state index in [1.807, 2.05) is 12.1 Å². The highest BCUT2D eigenvalue weighted by atomic mass is 19.1. The third-order valence-corrected chi connectivity index (χ3v) is 5.02. The van der Waals surface area contributed by atoms with Gasteiger partial charge in [0, 0.05) is 30.4 Å². The summed E-state index contributed by atoms with van der Waals surface area (Å²) in [7, 11) is 0. The van der Waals surface area contributed by atoms with Crippen molar-refractivity contribution in [3.8, 4) is 5.88 Å². The molecule has 0 unspecified atom stereocenters. The van der Waals surface area contributed by atoms with Crippen LogP contribution >= 0.6 is 0 Å². The van der Waals surface area contributed by atoms with E-state index in [4.69, 9.17) is 0 Å². The van der Waals surface area contributed by atoms with Crippen LogP contribution in [0.25, 0.3) is 10.9 Å². The molecule has 4 nitrogen and oxygen atoms in total. The smallest absolute Gasteiger partial charge is 0.198 e. The fraction of sp³-hybridized carbons (Fsp3) is 0.318. The van der Waals surface area contributed by atoms with E-state index < -0.39 is 0 Å². The molecule has 1 aliphatic rings. The number of hydrogen-bond acceptors (Lipinski definition) is 3. The van der Waals surface area contributed by atoms with Gasteiger partial charge < -0.3 is 15.0 Å². The summed E-state index contributed by atoms with van der Waals surface area (Å²) in [6.45, 7) is 4.38. The summed E-state index contributed by atoms with van der Waals surface area (Å²) in [5, 5.41) is 10.4. The Morgan fingerprint density at radius 2 is 2.00 bits per heavy atom. The second kappa shape index (κ2) is 7.43. The average Bonchev–Trinajstić information content (AvgIpc) is 3.42. The van der Waals surface area contributed by atoms with Crippen molar-refractivity contribution in [2.45, 2.75) is 26.2 Å². The van der Waals surface area contributed by atoms with E-state index in [0.29, 0.717) is 16.5 Å². The van der Waals surface area contributed by atoms with Crippen LogP contribution in [0.5, 0.6) is 5.88 Å². The molecular weight excluding hydrogens is 341 g/mol. The zero-order valence-electron chi connectivity index (χ0n) is 15.5. The number of H-pyrrole nitrogens is 1. The van der Waals surface area contributed by atoms with Crippen LogP contribution in [-0.2, 0) is 0 Å². The molecule has 140 valence electrons. The van der Waals surface area contributed by atoms with Crippen LogP contribution in [-0.4, -0.2) is 29.4 Å². The normalized spacial score (nSPS) is 14.3. The van der Waals surface area contributed by atoms with Gasteiger partial charge in [-0.15, -0.1) is 0 Å². The van der Waals surface area contributed by atoms with E-state index >= 15 is 0 Å². The summed E-state index contributed by atoms with van der Waals surface area (Å²) in [5.74, 6) is 0.388. The van der Waals surface area contributed by atoms with Gasteiger partial charge in [-0.1, -0.05) is 13.0 Å². The predicted octanol–water partition coefficient (Wildman–Crippen LogP) is 5.39. The third kappa shape index (κ3) is 3.82. The Balaban J connectivity index is 1.55. The first-order valence-corrected chi connectivity index (χ1v) is 9.54. The van der Waals surface area contributed by atoms with E-state index in [0.717, 1.165) is 31.1 Å². The first-order valence-electron chi connectivity index (χ1n) is 9.54. The number of hydrogen-bond donors (Lipinski definition) is 2. The van der Waals surface area contributed by atoms with Crippen molar-refractivity contribution in [1.82, 2.24) is 4.98 Å². The van der Waals surface area contributed by atoms with Crippen LogP contribution in [0.3, 0.4) is 0 Å². The number of rotatable bonds is 7. The number of anilines is 1. The highest BCUT2D eigenvalue weighted by molar-refractivity contribution is 6.02. The predicted molar refractivity (Wildman–Crippen MR) is 109 cm³/mol. The lowest BCUT2D eigenvalue weighted by Crippen LogP contribution is -2.26. The molecule has 1 aromatic heterocycles. The van der Waals surface area contributed by atoms with Crippen molar-refractivity contribution < 1.29 is 9.50 Å². The summed E-state index contributed by atoms with van der Waals surface area (Å²) in [5.41, 5.74) is 2.91. The molecule has 0 atom stereocenters. The molecule has 3 aromatic rings. The highest BCUT2D eigenvalue weighted by Crippen LogP contribution is 2.32. The first-order chi connectivity index (χ1) is 13.2. The van der Waals surface area contributed by atoms with E-state index in [-0.39, 0.29) is 11.7 Å². The van der Waals surface area contributed by atoms with Crippen molar-refractivity contribution in [1.29, 1.82) is 0 Å². The molecule has 0 saturated heterocycles. The molecule has 0 spiro atoms. The molecule has 0 aliphatic heterocycles. The van der Waals surface area contributed by atoms with Crippen molar-refractivity contribution in [2.24, 2.45) is 10.9 Å². The van der Waals surface area contributed by atoms with Crippen LogP contribution in [0.1, 0.15) is 31.7 Å². The van der Waals surface area contributed by atoms with Crippen molar-refractivity contribution in [3.05, 3.63) is 53.8 Å². The van der Waals surface area contributed by atoms with Gasteiger partial charge in [0.2, 0.25) is 0 Å². The largest absolute Gasteiger partial charge is 0.494 e. The minimum Gasteiger partial charge on any atom is -0.494 e. The molecule has 0 amide bonds. The molecular formula is C22H24FN3O. The fourth-order valence-electron chi connectivity index (χ4n) is 3.44. The Kier molecular flexibility index (Phi) is 4.84. The Morgan fingerprint density at radius 1 is 1.22 bits per heavy atom. The molecule has 1 saturated carbocycles. The molecule has 0 radical (unpaired) electrons. The van der Waals surface area contributed by atoms with Crippen LogP contribution in [0.4, 0.5) is 15.8 Å². The zero-order valence-corrected chi connectivity index (χ0v) is 15.5. The fourth-order valence-corrected chi connectivity index (χ4v) is 3.44. The van der Waals surface area contributed by atoms with Gasteiger partial charge in [0.15, 0.2) is 5.88 Å². The molecule has 4 rings (SSSR count). The molecule has 27 heavy (non-hydrogen) atoms. The Morgan fingerprint density at radius 3 is 2.70 bits per heavy atom. The molecule has 1 fully saturated rings. The summed E-state index contributed by atoms with van der Waals surface area (Å²) in [4.78, 5) is 9.65. The molecule has 0 bridgehead atoms. The lowest BCUT2D eigenvalue weighted by molar-refractivity contribution is 0.457. The molecule has 1 aliphatic carbocycles. The minimum atomic E-state index is -0.379. The van der Waals surface area contributed by atoms with E-state index in [2.05, 4.69) is 33.9 Å². The number of aromatic hydroxyl groups is 1. The minimum absolute atomic E-state index is 0.0750. The number of nitrogens with zero attached hydrogens (tertiary/aromatic N) is 2. The summed E-state index contributed by atoms with van der Waals surface area (Å²) < 4.78 is 14.1. The summed E-state index contributed by atoms with van der Waals surface area (Å²) in [6, 6.07) is 12.8. The van der Waals surface area contributed by atoms with Gasteiger partial charge in [0.1, 0.15) is 5.82 Å². The maximum Gasteiger partial charge on any atom is 0.198 e. The number of nitrogens with one attached hydrogen (secondary N) is 1. The highest BCUT2D eigenvalue weighted by Gasteiger charge is 2.24. The van der Waals surface area contributed by atoms with Gasteiger partial charge in [-0.2, -0.15) is 0 Å². The standard InChI is InChI=1S/C22H24FN3O/c1-2-12-26(14-15-6-7-15)17-10-8-16(9-11-17)24-13-18-21-19(23)4-3-5-20(21)25-22(18)27/h3-5,8-11,13,15,25,27H,2,6-7,12,14H2,1H3. The van der Waals surface area contributed by atoms with Crippen LogP contribution in [0.15, 0.2) is 47.5 Å². The van der Waals surface area contributed by atoms with Crippen molar-refractivity contribution in [2.75, 3.05) is 18.0 Å². The molecule has 5 heteroatoms. The zero-order chi connectivity index (χ0) is 18.8. The number of aromatic nitrogens is 1. The van der Waals surface area contributed by atoms with Gasteiger partial charge in [-0.25, -0.2) is 4.39 Å². The Bertz CT molecular complexity index is 958. The van der Waals surface area contributed by atoms with Crippen molar-refractivity contribution in [3.63, 3.8) is 0 Å². The van der Waals surface area contributed by atoms with Crippen LogP contribution in [0.2, 0.25) is 0 Å². The van der Waals surface area contributed by atoms with Gasteiger partial charge in [0.25, 0.3) is 0 Å². The molecule has 2 aromatic carbocycles. The van der Waals surface area contributed by atoms with Crippen LogP contribution in [0, 0.1) is 11.7 Å². The number of benzene rings is 2. The van der Waals surface area contributed by atoms with Crippen LogP contribution < -0.4 is 4.90 Å². The third-order valence-electron chi connectivity index (χ3n) is 5.02. The quantitative estimate of drug-likeness (QED) is 0.552. The second-order valence-electron chi connectivity index (χ2n) is 7.21. The van der Waals surface area contributed by atoms with Gasteiger partial charge in [-0.05, 0) is 61.6 Å². The van der Waals surface area contributed by atoms with E-state index in [1.165, 1.54) is 30.8 Å². The van der Waals surface area contributed by atoms with Gasteiger partial charge >= 0.3 is 0 Å². The number of fused-ring (bicyclic) bond motifs is 1. The number of halogens is 1. The Labute approximate surface area is 158 Å². The number of aliphatic imine (C=N–C) groups is 1. The molecule has 2 N–H and O–H groups in total. The summed E-state index contributed by atoms with van der Waals surface area (Å²) >= 11 is 0. The number of aromatic amines is 1. The summed E-state index contributed by atoms with van der Waals surface area (Å²) in [6.07, 6.45) is 5.32. The second-order valence-corrected chi connectivity index (χ2v) is 7.21. The topological polar surface area (TPSA) is 51.6 Å². The van der Waals surface area contributed by atoms with Gasteiger partial charge in [0.05, 0.1) is 16.8 Å². The maximum atomic E-state index is 14.1. The lowest BCUT2D eigenvalue weighted by atomic mass is 10.1. The van der Waals surface area contributed by atoms with Gasteiger partial charge in [-0.3, -0.25) is 4.99 Å². The lowest BCUT2D eigenvalue weighted by Gasteiger charge is -2.24. The maximum absolute atomic E-state index is 14.1. The van der Waals surface area contributed by atoms with Crippen molar-refractivity contribution >= 4 is 28.5 Å². The van der Waals surface area contributed by atoms with E-state index in [9.17, 15) is 9.50 Å². The average molecular weight is 365 g/mol. The van der Waals surface area contributed by atoms with E-state index in [1.54, 1.807) is 12.1 Å². The monoisotopic (exact) mass is 365 g/mol. The SMILES string of the molecule is CCCN(CC1CC1)c1ccc(N=Cc2c(O)[nH]c3cccc(F)c23)cc1. The Hall–Kier alpha value is -2.82. The molecule has 1 heterocycles.